The van der Waals surface area contributed by atoms with E-state index in [2.05, 4.69) is 10.1 Å². The van der Waals surface area contributed by atoms with Gasteiger partial charge in [0.2, 0.25) is 0 Å². The van der Waals surface area contributed by atoms with Crippen LogP contribution >= 0.6 is 11.6 Å². The number of aromatic nitrogens is 4. The Hall–Kier alpha value is -3.07. The van der Waals surface area contributed by atoms with Crippen molar-refractivity contribution in [1.29, 1.82) is 0 Å². The summed E-state index contributed by atoms with van der Waals surface area (Å²) in [7, 11) is 0. The lowest BCUT2D eigenvalue weighted by Gasteiger charge is -2.18. The number of halogens is 4. The van der Waals surface area contributed by atoms with E-state index in [0.717, 1.165) is 9.25 Å². The minimum Gasteiger partial charge on any atom is -0.442 e. The molecule has 3 aromatic heterocycles. The normalized spacial score (nSPS) is 12.6. The van der Waals surface area contributed by atoms with E-state index in [9.17, 15) is 18.0 Å². The Morgan fingerprint density at radius 1 is 1.16 bits per heavy atom. The zero-order valence-electron chi connectivity index (χ0n) is 16.9. The molecular weight excluding hydrogens is 433 g/mol. The molecule has 0 aliphatic heterocycles. The van der Waals surface area contributed by atoms with Gasteiger partial charge in [0.15, 0.2) is 0 Å². The molecular formula is C21H18ClF3N4O2. The number of carbonyl (C=O) groups is 1. The van der Waals surface area contributed by atoms with Crippen LogP contribution in [0, 0.1) is 0 Å². The van der Waals surface area contributed by atoms with Crippen molar-refractivity contribution in [2.75, 3.05) is 0 Å². The summed E-state index contributed by atoms with van der Waals surface area (Å²) in [6.07, 6.45) is -0.858. The first kappa shape index (κ1) is 21.2. The summed E-state index contributed by atoms with van der Waals surface area (Å²) in [5, 5.41) is 5.69. The van der Waals surface area contributed by atoms with Gasteiger partial charge < -0.3 is 9.30 Å². The molecule has 31 heavy (non-hydrogen) atoms. The highest BCUT2D eigenvalue weighted by molar-refractivity contribution is 6.32. The van der Waals surface area contributed by atoms with Crippen LogP contribution < -0.4 is 0 Å². The third-order valence-corrected chi connectivity index (χ3v) is 4.73. The van der Waals surface area contributed by atoms with Crippen LogP contribution in [0.25, 0.3) is 33.1 Å². The second-order valence-corrected chi connectivity index (χ2v) is 8.51. The third-order valence-electron chi connectivity index (χ3n) is 4.51. The standard InChI is InChI=1S/C21H18ClF3N4O2/c1-20(2,3)31-19(30)29-7-5-16(27-29)15-9-12(22)8-14-13-4-6-26-10-17(13)28(18(14)15)11-21(23,24)25/h4-10H,11H2,1-3H3. The van der Waals surface area contributed by atoms with Gasteiger partial charge in [-0.1, -0.05) is 11.6 Å². The monoisotopic (exact) mass is 450 g/mol. The van der Waals surface area contributed by atoms with Crippen molar-refractivity contribution in [1.82, 2.24) is 19.3 Å². The van der Waals surface area contributed by atoms with Crippen molar-refractivity contribution in [2.24, 2.45) is 0 Å². The van der Waals surface area contributed by atoms with Gasteiger partial charge in [-0.15, -0.1) is 0 Å². The summed E-state index contributed by atoms with van der Waals surface area (Å²) < 4.78 is 47.7. The average molecular weight is 451 g/mol. The Bertz CT molecular complexity index is 1300. The summed E-state index contributed by atoms with van der Waals surface area (Å²) in [5.41, 5.74) is 0.561. The van der Waals surface area contributed by atoms with Crippen LogP contribution in [-0.2, 0) is 11.3 Å². The molecule has 0 unspecified atom stereocenters. The quantitative estimate of drug-likeness (QED) is 0.373. The number of rotatable bonds is 2. The zero-order valence-corrected chi connectivity index (χ0v) is 17.6. The van der Waals surface area contributed by atoms with Crippen molar-refractivity contribution in [3.63, 3.8) is 0 Å². The van der Waals surface area contributed by atoms with Crippen LogP contribution in [0.2, 0.25) is 5.02 Å². The molecule has 0 saturated carbocycles. The van der Waals surface area contributed by atoms with Crippen LogP contribution in [0.15, 0.2) is 42.9 Å². The lowest BCUT2D eigenvalue weighted by Crippen LogP contribution is -2.27. The van der Waals surface area contributed by atoms with Gasteiger partial charge >= 0.3 is 12.3 Å². The van der Waals surface area contributed by atoms with Crippen molar-refractivity contribution in [3.05, 3.63) is 47.9 Å². The molecule has 6 nitrogen and oxygen atoms in total. The molecule has 0 saturated heterocycles. The van der Waals surface area contributed by atoms with Crippen LogP contribution in [-0.4, -0.2) is 37.2 Å². The molecule has 0 amide bonds. The van der Waals surface area contributed by atoms with Crippen molar-refractivity contribution < 1.29 is 22.7 Å². The smallest absolute Gasteiger partial charge is 0.435 e. The number of ether oxygens (including phenoxy) is 1. The number of pyridine rings is 1. The van der Waals surface area contributed by atoms with E-state index < -0.39 is 24.4 Å². The van der Waals surface area contributed by atoms with E-state index in [1.54, 1.807) is 32.9 Å². The molecule has 0 atom stereocenters. The van der Waals surface area contributed by atoms with Gasteiger partial charge in [-0.25, -0.2) is 4.79 Å². The maximum absolute atomic E-state index is 13.4. The minimum absolute atomic E-state index is 0.289. The second kappa shape index (κ2) is 7.26. The maximum atomic E-state index is 13.4. The lowest BCUT2D eigenvalue weighted by atomic mass is 10.1. The van der Waals surface area contributed by atoms with Gasteiger partial charge in [0.05, 0.1) is 22.9 Å². The third kappa shape index (κ3) is 4.23. The Morgan fingerprint density at radius 2 is 1.90 bits per heavy atom. The Morgan fingerprint density at radius 3 is 2.58 bits per heavy atom. The Balaban J connectivity index is 1.94. The van der Waals surface area contributed by atoms with E-state index in [1.165, 1.54) is 30.7 Å². The van der Waals surface area contributed by atoms with E-state index in [-0.39, 0.29) is 5.69 Å². The number of nitrogens with zero attached hydrogens (tertiary/aromatic N) is 4. The van der Waals surface area contributed by atoms with Crippen molar-refractivity contribution in [2.45, 2.75) is 39.1 Å². The van der Waals surface area contributed by atoms with Gasteiger partial charge in [-0.2, -0.15) is 23.0 Å². The summed E-state index contributed by atoms with van der Waals surface area (Å²) in [5.74, 6) is 0. The van der Waals surface area contributed by atoms with Gasteiger partial charge in [0.25, 0.3) is 0 Å². The Labute approximate surface area is 180 Å². The molecule has 0 aliphatic carbocycles. The number of fused-ring (bicyclic) bond motifs is 3. The van der Waals surface area contributed by atoms with Crippen LogP contribution in [0.4, 0.5) is 18.0 Å². The molecule has 10 heteroatoms. The highest BCUT2D eigenvalue weighted by atomic mass is 35.5. The van der Waals surface area contributed by atoms with Gasteiger partial charge in [-0.3, -0.25) is 4.98 Å². The van der Waals surface area contributed by atoms with Crippen molar-refractivity contribution in [3.8, 4) is 11.3 Å². The largest absolute Gasteiger partial charge is 0.442 e. The molecule has 1 aromatic carbocycles. The number of hydrogen-bond donors (Lipinski definition) is 0. The summed E-state index contributed by atoms with van der Waals surface area (Å²) >= 11 is 6.30. The molecule has 0 bridgehead atoms. The molecule has 0 aliphatic rings. The minimum atomic E-state index is -4.46. The zero-order chi connectivity index (χ0) is 22.6. The number of hydrogen-bond acceptors (Lipinski definition) is 4. The van der Waals surface area contributed by atoms with E-state index in [1.807, 2.05) is 0 Å². The van der Waals surface area contributed by atoms with Gasteiger partial charge in [0, 0.05) is 33.8 Å². The first-order valence-electron chi connectivity index (χ1n) is 9.34. The van der Waals surface area contributed by atoms with Crippen LogP contribution in [0.1, 0.15) is 20.8 Å². The van der Waals surface area contributed by atoms with E-state index in [0.29, 0.717) is 32.4 Å². The van der Waals surface area contributed by atoms with Gasteiger partial charge in [-0.05, 0) is 45.0 Å². The fourth-order valence-corrected chi connectivity index (χ4v) is 3.68. The van der Waals surface area contributed by atoms with Gasteiger partial charge in [0.1, 0.15) is 12.1 Å². The van der Waals surface area contributed by atoms with Crippen LogP contribution in [0.5, 0.6) is 0 Å². The fourth-order valence-electron chi connectivity index (χ4n) is 3.46. The Kier molecular flexibility index (Phi) is 4.96. The molecule has 0 fully saturated rings. The molecule has 0 spiro atoms. The summed E-state index contributed by atoms with van der Waals surface area (Å²) in [6.45, 7) is 3.96. The average Bonchev–Trinajstić information content (AvgIpc) is 3.24. The topological polar surface area (TPSA) is 61.9 Å². The molecule has 3 heterocycles. The lowest BCUT2D eigenvalue weighted by molar-refractivity contribution is -0.139. The van der Waals surface area contributed by atoms with E-state index >= 15 is 0 Å². The maximum Gasteiger partial charge on any atom is 0.435 e. The first-order valence-corrected chi connectivity index (χ1v) is 9.72. The molecule has 162 valence electrons. The predicted molar refractivity (Wildman–Crippen MR) is 111 cm³/mol. The van der Waals surface area contributed by atoms with E-state index in [4.69, 9.17) is 16.3 Å². The van der Waals surface area contributed by atoms with Crippen LogP contribution in [0.3, 0.4) is 0 Å². The number of alkyl halides is 3. The number of benzene rings is 1. The molecule has 4 aromatic rings. The summed E-state index contributed by atoms with van der Waals surface area (Å²) in [4.78, 5) is 16.3. The highest BCUT2D eigenvalue weighted by Gasteiger charge is 2.31. The SMILES string of the molecule is CC(C)(C)OC(=O)n1ccc(-c2cc(Cl)cc3c4ccncc4n(CC(F)(F)F)c23)n1. The number of carbonyl (C=O) groups excluding carboxylic acids is 1. The fraction of sp³-hybridized carbons (Fsp3) is 0.286. The molecule has 0 N–H and O–H groups in total. The highest BCUT2D eigenvalue weighted by Crippen LogP contribution is 2.39. The predicted octanol–water partition coefficient (Wildman–Crippen LogP) is 6.05. The second-order valence-electron chi connectivity index (χ2n) is 8.07. The van der Waals surface area contributed by atoms with Crippen molar-refractivity contribution >= 4 is 39.5 Å². The summed E-state index contributed by atoms with van der Waals surface area (Å²) in [6, 6.07) is 6.32. The molecule has 4 rings (SSSR count). The molecule has 0 radical (unpaired) electrons. The first-order chi connectivity index (χ1) is 14.4.